The molecule has 3 rings (SSSR count). The van der Waals surface area contributed by atoms with E-state index in [4.69, 9.17) is 0 Å². The maximum Gasteiger partial charge on any atom is 0.00713 e. The van der Waals surface area contributed by atoms with E-state index in [2.05, 4.69) is 73.2 Å². The van der Waals surface area contributed by atoms with Crippen molar-refractivity contribution >= 4 is 0 Å². The van der Waals surface area contributed by atoms with Gasteiger partial charge in [0.05, 0.1) is 0 Å². The molecule has 0 aliphatic heterocycles. The standard InChI is InChI=1S/C13H10.C4H12N2/c1-3-7-12-10(5-1)9-11-6-2-4-8-13(11)12;1-3-5-6-4-2/h1-8H,9H2;5-6H,3-4H2,1-2H3. The smallest absolute Gasteiger partial charge is 0.00713 e. The molecular formula is C17H22N2. The summed E-state index contributed by atoms with van der Waals surface area (Å²) in [5.74, 6) is 0. The summed E-state index contributed by atoms with van der Waals surface area (Å²) in [6.07, 6.45) is 1.10. The molecule has 0 aromatic heterocycles. The molecule has 1 aliphatic rings. The first-order chi connectivity index (χ1) is 9.36. The summed E-state index contributed by atoms with van der Waals surface area (Å²) in [6, 6.07) is 17.3. The number of fused-ring (bicyclic) bond motifs is 3. The molecule has 0 unspecified atom stereocenters. The minimum Gasteiger partial charge on any atom is -0.258 e. The van der Waals surface area contributed by atoms with E-state index < -0.39 is 0 Å². The van der Waals surface area contributed by atoms with Crippen molar-refractivity contribution in [2.24, 2.45) is 0 Å². The van der Waals surface area contributed by atoms with Crippen LogP contribution in [0.1, 0.15) is 25.0 Å². The SMILES string of the molecule is CCNNCC.c1ccc2c(c1)Cc1ccccc1-2. The normalized spacial score (nSPS) is 11.3. The fourth-order valence-corrected chi connectivity index (χ4v) is 2.33. The monoisotopic (exact) mass is 254 g/mol. The highest BCUT2D eigenvalue weighted by Crippen LogP contribution is 2.35. The Morgan fingerprint density at radius 2 is 1.16 bits per heavy atom. The van der Waals surface area contributed by atoms with Crippen LogP contribution in [0.4, 0.5) is 0 Å². The predicted molar refractivity (Wildman–Crippen MR) is 82.0 cm³/mol. The number of hydrogen-bond acceptors (Lipinski definition) is 2. The largest absolute Gasteiger partial charge is 0.258 e. The summed E-state index contributed by atoms with van der Waals surface area (Å²) >= 11 is 0. The molecule has 0 amide bonds. The third-order valence-corrected chi connectivity index (χ3v) is 3.18. The minimum atomic E-state index is 0.994. The van der Waals surface area contributed by atoms with Crippen LogP contribution in [0, 0.1) is 0 Å². The Kier molecular flexibility index (Phi) is 5.13. The molecule has 0 heterocycles. The van der Waals surface area contributed by atoms with Crippen molar-refractivity contribution in [1.82, 2.24) is 10.9 Å². The molecule has 2 heteroatoms. The molecule has 0 fully saturated rings. The Morgan fingerprint density at radius 3 is 1.58 bits per heavy atom. The Hall–Kier alpha value is -1.64. The van der Waals surface area contributed by atoms with E-state index in [0.29, 0.717) is 0 Å². The third kappa shape index (κ3) is 3.43. The van der Waals surface area contributed by atoms with Crippen LogP contribution in [0.2, 0.25) is 0 Å². The van der Waals surface area contributed by atoms with Crippen LogP contribution in [-0.4, -0.2) is 13.1 Å². The summed E-state index contributed by atoms with van der Waals surface area (Å²) in [7, 11) is 0. The van der Waals surface area contributed by atoms with Crippen LogP contribution in [0.15, 0.2) is 48.5 Å². The van der Waals surface area contributed by atoms with Crippen LogP contribution >= 0.6 is 0 Å². The molecule has 0 saturated heterocycles. The van der Waals surface area contributed by atoms with Crippen molar-refractivity contribution in [2.75, 3.05) is 13.1 Å². The van der Waals surface area contributed by atoms with E-state index in [9.17, 15) is 0 Å². The molecular weight excluding hydrogens is 232 g/mol. The highest BCUT2D eigenvalue weighted by Gasteiger charge is 2.15. The first kappa shape index (κ1) is 13.8. The average Bonchev–Trinajstić information content (AvgIpc) is 2.84. The number of benzene rings is 2. The van der Waals surface area contributed by atoms with E-state index in [-0.39, 0.29) is 0 Å². The lowest BCUT2D eigenvalue weighted by Gasteiger charge is -1.98. The lowest BCUT2D eigenvalue weighted by atomic mass is 10.1. The van der Waals surface area contributed by atoms with Crippen molar-refractivity contribution in [2.45, 2.75) is 20.3 Å². The summed E-state index contributed by atoms with van der Waals surface area (Å²) in [5, 5.41) is 0. The van der Waals surface area contributed by atoms with Crippen LogP contribution < -0.4 is 10.9 Å². The fraction of sp³-hybridized carbons (Fsp3) is 0.294. The molecule has 2 aromatic carbocycles. The first-order valence-electron chi connectivity index (χ1n) is 6.98. The van der Waals surface area contributed by atoms with Gasteiger partial charge in [-0.15, -0.1) is 0 Å². The Morgan fingerprint density at radius 1 is 0.737 bits per heavy atom. The zero-order chi connectivity index (χ0) is 13.5. The van der Waals surface area contributed by atoms with Crippen molar-refractivity contribution in [3.63, 3.8) is 0 Å². The Labute approximate surface area is 115 Å². The van der Waals surface area contributed by atoms with E-state index in [1.54, 1.807) is 0 Å². The van der Waals surface area contributed by atoms with E-state index in [0.717, 1.165) is 19.5 Å². The molecule has 2 aromatic rings. The van der Waals surface area contributed by atoms with Gasteiger partial charge in [-0.3, -0.25) is 10.9 Å². The van der Waals surface area contributed by atoms with Gasteiger partial charge in [-0.25, -0.2) is 0 Å². The van der Waals surface area contributed by atoms with Gasteiger partial charge in [-0.05, 0) is 28.7 Å². The summed E-state index contributed by atoms with van der Waals surface area (Å²) in [4.78, 5) is 0. The van der Waals surface area contributed by atoms with E-state index in [1.165, 1.54) is 22.3 Å². The molecule has 100 valence electrons. The second-order valence-corrected chi connectivity index (χ2v) is 4.55. The Bertz CT molecular complexity index is 473. The van der Waals surface area contributed by atoms with Crippen LogP contribution in [0.5, 0.6) is 0 Å². The van der Waals surface area contributed by atoms with Gasteiger partial charge >= 0.3 is 0 Å². The van der Waals surface area contributed by atoms with Crippen LogP contribution in [0.3, 0.4) is 0 Å². The second kappa shape index (κ2) is 7.07. The van der Waals surface area contributed by atoms with Crippen LogP contribution in [0.25, 0.3) is 11.1 Å². The summed E-state index contributed by atoms with van der Waals surface area (Å²) < 4.78 is 0. The fourth-order valence-electron chi connectivity index (χ4n) is 2.33. The second-order valence-electron chi connectivity index (χ2n) is 4.55. The highest BCUT2D eigenvalue weighted by atomic mass is 15.3. The molecule has 0 atom stereocenters. The Balaban J connectivity index is 0.000000192. The molecule has 0 saturated carbocycles. The number of hydrazine groups is 1. The maximum absolute atomic E-state index is 2.95. The number of hydrogen-bond donors (Lipinski definition) is 2. The lowest BCUT2D eigenvalue weighted by Crippen LogP contribution is -2.30. The van der Waals surface area contributed by atoms with Crippen molar-refractivity contribution in [1.29, 1.82) is 0 Å². The van der Waals surface area contributed by atoms with Gasteiger partial charge in [0.25, 0.3) is 0 Å². The van der Waals surface area contributed by atoms with Gasteiger partial charge in [0.2, 0.25) is 0 Å². The predicted octanol–water partition coefficient (Wildman–Crippen LogP) is 3.38. The zero-order valence-electron chi connectivity index (χ0n) is 11.7. The van der Waals surface area contributed by atoms with E-state index in [1.807, 2.05) is 0 Å². The summed E-state index contributed by atoms with van der Waals surface area (Å²) in [6.45, 7) is 6.10. The molecule has 0 bridgehead atoms. The topological polar surface area (TPSA) is 24.1 Å². The summed E-state index contributed by atoms with van der Waals surface area (Å²) in [5.41, 5.74) is 11.6. The molecule has 0 radical (unpaired) electrons. The average molecular weight is 254 g/mol. The molecule has 2 nitrogen and oxygen atoms in total. The number of rotatable bonds is 3. The van der Waals surface area contributed by atoms with Crippen LogP contribution in [-0.2, 0) is 6.42 Å². The quantitative estimate of drug-likeness (QED) is 0.553. The maximum atomic E-state index is 2.95. The third-order valence-electron chi connectivity index (χ3n) is 3.18. The molecule has 0 spiro atoms. The van der Waals surface area contributed by atoms with E-state index >= 15 is 0 Å². The van der Waals surface area contributed by atoms with Gasteiger partial charge in [-0.1, -0.05) is 62.4 Å². The molecule has 2 N–H and O–H groups in total. The van der Waals surface area contributed by atoms with Gasteiger partial charge in [0.15, 0.2) is 0 Å². The lowest BCUT2D eigenvalue weighted by molar-refractivity contribution is 0.573. The zero-order valence-corrected chi connectivity index (χ0v) is 11.7. The van der Waals surface area contributed by atoms with Gasteiger partial charge < -0.3 is 0 Å². The van der Waals surface area contributed by atoms with Crippen molar-refractivity contribution in [3.8, 4) is 11.1 Å². The minimum absolute atomic E-state index is 0.994. The molecule has 19 heavy (non-hydrogen) atoms. The van der Waals surface area contributed by atoms with Gasteiger partial charge in [-0.2, -0.15) is 0 Å². The van der Waals surface area contributed by atoms with Crippen molar-refractivity contribution < 1.29 is 0 Å². The highest BCUT2D eigenvalue weighted by molar-refractivity contribution is 5.76. The number of nitrogens with one attached hydrogen (secondary N) is 2. The van der Waals surface area contributed by atoms with Gasteiger partial charge in [0.1, 0.15) is 0 Å². The van der Waals surface area contributed by atoms with Gasteiger partial charge in [0, 0.05) is 13.1 Å². The molecule has 1 aliphatic carbocycles. The van der Waals surface area contributed by atoms with Crippen molar-refractivity contribution in [3.05, 3.63) is 59.7 Å². The first-order valence-corrected chi connectivity index (χ1v) is 6.98.